The van der Waals surface area contributed by atoms with Crippen LogP contribution < -0.4 is 10.0 Å². The molecule has 1 fully saturated rings. The van der Waals surface area contributed by atoms with Crippen LogP contribution in [0, 0.1) is 5.92 Å². The van der Waals surface area contributed by atoms with Gasteiger partial charge in [-0.15, -0.1) is 0 Å². The van der Waals surface area contributed by atoms with Gasteiger partial charge in [0.2, 0.25) is 15.9 Å². The summed E-state index contributed by atoms with van der Waals surface area (Å²) in [6.07, 6.45) is 6.79. The quantitative estimate of drug-likeness (QED) is 0.491. The fraction of sp³-hybridized carbons (Fsp3) is 0.500. The van der Waals surface area contributed by atoms with E-state index in [4.69, 9.17) is 23.2 Å². The zero-order chi connectivity index (χ0) is 25.0. The van der Waals surface area contributed by atoms with E-state index in [1.807, 2.05) is 0 Å². The Bertz CT molecular complexity index is 1170. The number of hydrogen-bond donors (Lipinski definition) is 2. The molecule has 0 bridgehead atoms. The van der Waals surface area contributed by atoms with E-state index >= 15 is 0 Å². The number of hydrogen-bond acceptors (Lipinski definition) is 4. The minimum Gasteiger partial charge on any atom is -0.349 e. The smallest absolute Gasteiger partial charge is 0.242 e. The van der Waals surface area contributed by atoms with Crippen molar-refractivity contribution in [1.29, 1.82) is 0 Å². The average molecular weight is 539 g/mol. The van der Waals surface area contributed by atoms with Crippen LogP contribution in [0.25, 0.3) is 0 Å². The summed E-state index contributed by atoms with van der Waals surface area (Å²) in [6, 6.07) is 11.0. The van der Waals surface area contributed by atoms with E-state index in [9.17, 15) is 13.2 Å². The van der Waals surface area contributed by atoms with Crippen molar-refractivity contribution < 1.29 is 13.2 Å². The van der Waals surface area contributed by atoms with Crippen LogP contribution >= 0.6 is 23.2 Å². The fourth-order valence-electron chi connectivity index (χ4n) is 4.90. The molecular formula is C26H33Cl2N3O3S. The molecule has 2 aromatic carbocycles. The number of amides is 1. The number of sulfonamides is 1. The second kappa shape index (κ2) is 11.6. The predicted molar refractivity (Wildman–Crippen MR) is 140 cm³/mol. The number of piperidine rings is 1. The zero-order valence-corrected chi connectivity index (χ0v) is 22.4. The van der Waals surface area contributed by atoms with Gasteiger partial charge in [0, 0.05) is 19.0 Å². The van der Waals surface area contributed by atoms with Crippen molar-refractivity contribution in [3.63, 3.8) is 0 Å². The second-order valence-electron chi connectivity index (χ2n) is 9.63. The summed E-state index contributed by atoms with van der Waals surface area (Å²) >= 11 is 12.0. The lowest BCUT2D eigenvalue weighted by Crippen LogP contribution is -2.39. The van der Waals surface area contributed by atoms with Gasteiger partial charge in [0.05, 0.1) is 16.1 Å². The molecule has 0 aromatic heterocycles. The van der Waals surface area contributed by atoms with Crippen molar-refractivity contribution in [3.8, 4) is 0 Å². The molecule has 6 nitrogen and oxygen atoms in total. The van der Waals surface area contributed by atoms with Crippen LogP contribution in [0.5, 0.6) is 0 Å². The average Bonchev–Trinajstić information content (AvgIpc) is 2.85. The number of nitrogens with one attached hydrogen (secondary N) is 2. The third-order valence-corrected chi connectivity index (χ3v) is 9.32. The maximum Gasteiger partial charge on any atom is 0.242 e. The Morgan fingerprint density at radius 3 is 2.66 bits per heavy atom. The fourth-order valence-corrected chi connectivity index (χ4v) is 6.79. The lowest BCUT2D eigenvalue weighted by Gasteiger charge is -2.30. The number of rotatable bonds is 8. The van der Waals surface area contributed by atoms with Crippen molar-refractivity contribution in [2.24, 2.45) is 5.92 Å². The number of carbonyl (C=O) groups is 1. The summed E-state index contributed by atoms with van der Waals surface area (Å²) < 4.78 is 27.8. The lowest BCUT2D eigenvalue weighted by molar-refractivity contribution is -0.125. The van der Waals surface area contributed by atoms with Gasteiger partial charge in [-0.05, 0) is 74.0 Å². The van der Waals surface area contributed by atoms with Crippen molar-refractivity contribution >= 4 is 39.1 Å². The Kier molecular flexibility index (Phi) is 8.76. The van der Waals surface area contributed by atoms with E-state index in [1.54, 1.807) is 6.92 Å². The summed E-state index contributed by atoms with van der Waals surface area (Å²) in [7, 11) is -3.89. The first-order valence-electron chi connectivity index (χ1n) is 12.3. The SMILES string of the molecule is C[C@H](CNS(=O)(=O)c1cccc(Cl)c1Cl)C(=O)N[C@@H]1CCCc2cc(CN3CCCCC3)ccc21. The molecule has 9 heteroatoms. The molecule has 1 saturated heterocycles. The van der Waals surface area contributed by atoms with E-state index in [0.29, 0.717) is 0 Å². The van der Waals surface area contributed by atoms with Gasteiger partial charge in [-0.1, -0.05) is 60.8 Å². The highest BCUT2D eigenvalue weighted by Crippen LogP contribution is 2.32. The minimum absolute atomic E-state index is 0.0303. The maximum absolute atomic E-state index is 12.9. The standard InChI is InChI=1S/C26H33Cl2N3O3S/c1-18(16-29-35(33,34)24-10-6-8-22(27)25(24)28)26(32)30-23-9-5-7-20-15-19(11-12-21(20)23)17-31-13-3-2-4-14-31/h6,8,10-12,15,18,23,29H,2-5,7,9,13-14,16-17H2,1H3,(H,30,32)/t18-,23-/m1/s1. The van der Waals surface area contributed by atoms with E-state index in [2.05, 4.69) is 33.1 Å². The first kappa shape index (κ1) is 26.4. The summed E-state index contributed by atoms with van der Waals surface area (Å²) in [4.78, 5) is 15.3. The first-order valence-corrected chi connectivity index (χ1v) is 14.6. The van der Waals surface area contributed by atoms with E-state index in [0.717, 1.165) is 25.8 Å². The van der Waals surface area contributed by atoms with E-state index in [1.165, 1.54) is 67.2 Å². The van der Waals surface area contributed by atoms with Crippen LogP contribution in [0.1, 0.15) is 61.8 Å². The van der Waals surface area contributed by atoms with Gasteiger partial charge < -0.3 is 5.32 Å². The highest BCUT2D eigenvalue weighted by Gasteiger charge is 2.26. The molecule has 1 aliphatic carbocycles. The molecule has 2 atom stereocenters. The van der Waals surface area contributed by atoms with E-state index in [-0.39, 0.29) is 33.4 Å². The molecule has 0 radical (unpaired) electrons. The highest BCUT2D eigenvalue weighted by molar-refractivity contribution is 7.89. The lowest BCUT2D eigenvalue weighted by atomic mass is 9.86. The molecule has 1 amide bonds. The van der Waals surface area contributed by atoms with Gasteiger partial charge in [-0.3, -0.25) is 9.69 Å². The van der Waals surface area contributed by atoms with Gasteiger partial charge in [0.25, 0.3) is 0 Å². The summed E-state index contributed by atoms with van der Waals surface area (Å²) in [5.41, 5.74) is 3.81. The van der Waals surface area contributed by atoms with Gasteiger partial charge in [-0.25, -0.2) is 13.1 Å². The van der Waals surface area contributed by atoms with E-state index < -0.39 is 15.9 Å². The molecule has 2 aromatic rings. The third-order valence-electron chi connectivity index (χ3n) is 6.93. The maximum atomic E-state index is 12.9. The number of aryl methyl sites for hydroxylation is 1. The van der Waals surface area contributed by atoms with Crippen LogP contribution in [0.4, 0.5) is 0 Å². The van der Waals surface area contributed by atoms with Crippen molar-refractivity contribution in [1.82, 2.24) is 14.9 Å². The van der Waals surface area contributed by atoms with Crippen LogP contribution in [-0.4, -0.2) is 38.9 Å². The molecule has 1 heterocycles. The minimum atomic E-state index is -3.89. The molecule has 2 aliphatic rings. The molecule has 0 saturated carbocycles. The van der Waals surface area contributed by atoms with Crippen LogP contribution in [0.3, 0.4) is 0 Å². The van der Waals surface area contributed by atoms with Crippen molar-refractivity contribution in [3.05, 3.63) is 63.1 Å². The Hall–Kier alpha value is -1.64. The highest BCUT2D eigenvalue weighted by atomic mass is 35.5. The number of benzene rings is 2. The number of fused-ring (bicyclic) bond motifs is 1. The summed E-state index contributed by atoms with van der Waals surface area (Å²) in [5, 5.41) is 3.27. The molecule has 35 heavy (non-hydrogen) atoms. The Balaban J connectivity index is 1.36. The third kappa shape index (κ3) is 6.57. The van der Waals surface area contributed by atoms with Gasteiger partial charge in [0.1, 0.15) is 4.90 Å². The number of halogens is 2. The number of nitrogens with zero attached hydrogens (tertiary/aromatic N) is 1. The van der Waals surface area contributed by atoms with Crippen LogP contribution in [0.2, 0.25) is 10.0 Å². The van der Waals surface area contributed by atoms with Crippen LogP contribution in [-0.2, 0) is 27.8 Å². The first-order chi connectivity index (χ1) is 16.7. The Labute approximate surface area is 218 Å². The molecular weight excluding hydrogens is 505 g/mol. The molecule has 4 rings (SSSR count). The zero-order valence-electron chi connectivity index (χ0n) is 20.0. The Morgan fingerprint density at radius 2 is 1.89 bits per heavy atom. The topological polar surface area (TPSA) is 78.5 Å². The summed E-state index contributed by atoms with van der Waals surface area (Å²) in [5.74, 6) is -0.730. The molecule has 0 unspecified atom stereocenters. The number of likely N-dealkylation sites (tertiary alicyclic amines) is 1. The van der Waals surface area contributed by atoms with Gasteiger partial charge in [-0.2, -0.15) is 0 Å². The molecule has 1 aliphatic heterocycles. The van der Waals surface area contributed by atoms with Crippen molar-refractivity contribution in [2.45, 2.75) is 62.9 Å². The van der Waals surface area contributed by atoms with Crippen molar-refractivity contribution in [2.75, 3.05) is 19.6 Å². The Morgan fingerprint density at radius 1 is 1.11 bits per heavy atom. The van der Waals surface area contributed by atoms with Gasteiger partial charge in [0.15, 0.2) is 0 Å². The normalized spacial score (nSPS) is 19.7. The molecule has 190 valence electrons. The van der Waals surface area contributed by atoms with Crippen LogP contribution in [0.15, 0.2) is 41.3 Å². The monoisotopic (exact) mass is 537 g/mol. The number of carbonyl (C=O) groups excluding carboxylic acids is 1. The second-order valence-corrected chi connectivity index (χ2v) is 12.1. The molecule has 0 spiro atoms. The molecule has 2 N–H and O–H groups in total. The summed E-state index contributed by atoms with van der Waals surface area (Å²) in [6.45, 7) is 4.99. The largest absolute Gasteiger partial charge is 0.349 e. The predicted octanol–water partition coefficient (Wildman–Crippen LogP) is 5.09. The van der Waals surface area contributed by atoms with Gasteiger partial charge >= 0.3 is 0 Å².